The van der Waals surface area contributed by atoms with Gasteiger partial charge >= 0.3 is 0 Å². The second-order valence-corrected chi connectivity index (χ2v) is 8.04. The molecule has 0 aliphatic rings. The van der Waals surface area contributed by atoms with Crippen molar-refractivity contribution in [1.82, 2.24) is 10.3 Å². The van der Waals surface area contributed by atoms with Gasteiger partial charge in [0.1, 0.15) is 0 Å². The molecule has 0 spiro atoms. The van der Waals surface area contributed by atoms with E-state index >= 15 is 0 Å². The SMILES string of the molecule is CCCSc1ccc(-c2cnccc2CO)cc1C(=O)NCc1ccc(OC)c(F)c1. The quantitative estimate of drug-likeness (QED) is 0.467. The van der Waals surface area contributed by atoms with Gasteiger partial charge in [-0.3, -0.25) is 9.78 Å². The van der Waals surface area contributed by atoms with Gasteiger partial charge in [0.2, 0.25) is 0 Å². The number of pyridine rings is 1. The molecule has 0 aliphatic heterocycles. The van der Waals surface area contributed by atoms with Gasteiger partial charge in [0, 0.05) is 29.4 Å². The maximum atomic E-state index is 13.9. The van der Waals surface area contributed by atoms with Crippen molar-refractivity contribution in [2.75, 3.05) is 12.9 Å². The van der Waals surface area contributed by atoms with Crippen LogP contribution in [0.25, 0.3) is 11.1 Å². The number of ether oxygens (including phenoxy) is 1. The number of carbonyl (C=O) groups is 1. The summed E-state index contributed by atoms with van der Waals surface area (Å²) in [6.07, 6.45) is 4.29. The van der Waals surface area contributed by atoms with Crippen LogP contribution in [-0.4, -0.2) is 28.9 Å². The standard InChI is InChI=1S/C24H25FN2O3S/c1-3-10-31-23-7-5-17(20-14-26-9-8-18(20)15-28)12-19(23)24(29)27-13-16-4-6-22(30-2)21(25)11-16/h4-9,11-12,14,28H,3,10,13,15H2,1-2H3,(H,27,29). The fourth-order valence-electron chi connectivity index (χ4n) is 3.13. The largest absolute Gasteiger partial charge is 0.494 e. The van der Waals surface area contributed by atoms with Crippen molar-refractivity contribution >= 4 is 17.7 Å². The summed E-state index contributed by atoms with van der Waals surface area (Å²) < 4.78 is 18.9. The van der Waals surface area contributed by atoms with Gasteiger partial charge in [-0.1, -0.05) is 19.1 Å². The minimum absolute atomic E-state index is 0.116. The minimum atomic E-state index is -0.469. The summed E-state index contributed by atoms with van der Waals surface area (Å²) in [5.74, 6) is 0.338. The molecule has 0 unspecified atom stereocenters. The smallest absolute Gasteiger partial charge is 0.252 e. The van der Waals surface area contributed by atoms with Gasteiger partial charge in [0.05, 0.1) is 19.3 Å². The van der Waals surface area contributed by atoms with Gasteiger partial charge in [0.15, 0.2) is 11.6 Å². The van der Waals surface area contributed by atoms with Crippen molar-refractivity contribution in [3.05, 3.63) is 77.4 Å². The van der Waals surface area contributed by atoms with E-state index in [1.807, 2.05) is 18.2 Å². The van der Waals surface area contributed by atoms with Crippen molar-refractivity contribution in [3.8, 4) is 16.9 Å². The van der Waals surface area contributed by atoms with Gasteiger partial charge < -0.3 is 15.2 Å². The van der Waals surface area contributed by atoms with Crippen molar-refractivity contribution in [3.63, 3.8) is 0 Å². The summed E-state index contributed by atoms with van der Waals surface area (Å²) in [4.78, 5) is 18.1. The molecule has 0 aliphatic carbocycles. The number of halogens is 1. The highest BCUT2D eigenvalue weighted by Crippen LogP contribution is 2.30. The number of hydrogen-bond acceptors (Lipinski definition) is 5. The molecular weight excluding hydrogens is 415 g/mol. The lowest BCUT2D eigenvalue weighted by Gasteiger charge is -2.14. The average molecular weight is 441 g/mol. The highest BCUT2D eigenvalue weighted by atomic mass is 32.2. The van der Waals surface area contributed by atoms with Crippen molar-refractivity contribution in [1.29, 1.82) is 0 Å². The Hall–Kier alpha value is -2.90. The molecule has 3 aromatic rings. The Morgan fingerprint density at radius 3 is 2.77 bits per heavy atom. The Labute approximate surface area is 185 Å². The molecule has 0 saturated carbocycles. The Balaban J connectivity index is 1.87. The number of benzene rings is 2. The third-order valence-corrected chi connectivity index (χ3v) is 6.03. The molecule has 0 radical (unpaired) electrons. The van der Waals surface area contributed by atoms with E-state index < -0.39 is 5.82 Å². The van der Waals surface area contributed by atoms with E-state index in [4.69, 9.17) is 4.74 Å². The number of amides is 1. The summed E-state index contributed by atoms with van der Waals surface area (Å²) in [7, 11) is 1.41. The third kappa shape index (κ3) is 5.62. The Morgan fingerprint density at radius 2 is 2.06 bits per heavy atom. The zero-order valence-corrected chi connectivity index (χ0v) is 18.3. The molecular formula is C24H25FN2O3S. The molecule has 1 heterocycles. The molecule has 1 amide bonds. The first kappa shape index (κ1) is 22.8. The first-order chi connectivity index (χ1) is 15.1. The second kappa shape index (κ2) is 10.9. The zero-order chi connectivity index (χ0) is 22.2. The topological polar surface area (TPSA) is 71.5 Å². The lowest BCUT2D eigenvalue weighted by Crippen LogP contribution is -2.23. The predicted octanol–water partition coefficient (Wildman–Crippen LogP) is 4.82. The maximum absolute atomic E-state index is 13.9. The van der Waals surface area contributed by atoms with Crippen LogP contribution in [0.2, 0.25) is 0 Å². The van der Waals surface area contributed by atoms with Gasteiger partial charge in [-0.15, -0.1) is 11.8 Å². The first-order valence-corrected chi connectivity index (χ1v) is 11.0. The van der Waals surface area contributed by atoms with Crippen LogP contribution in [0.4, 0.5) is 4.39 Å². The molecule has 162 valence electrons. The number of methoxy groups -OCH3 is 1. The highest BCUT2D eigenvalue weighted by molar-refractivity contribution is 7.99. The number of hydrogen-bond donors (Lipinski definition) is 2. The van der Waals surface area contributed by atoms with E-state index in [0.717, 1.165) is 33.8 Å². The fraction of sp³-hybridized carbons (Fsp3) is 0.250. The molecule has 1 aromatic heterocycles. The monoisotopic (exact) mass is 440 g/mol. The van der Waals surface area contributed by atoms with E-state index in [-0.39, 0.29) is 24.8 Å². The molecule has 5 nitrogen and oxygen atoms in total. The second-order valence-electron chi connectivity index (χ2n) is 6.90. The number of thioether (sulfide) groups is 1. The van der Waals surface area contributed by atoms with Crippen LogP contribution < -0.4 is 10.1 Å². The van der Waals surface area contributed by atoms with Gasteiger partial charge in [-0.2, -0.15) is 0 Å². The molecule has 3 rings (SSSR count). The third-order valence-electron chi connectivity index (χ3n) is 4.75. The maximum Gasteiger partial charge on any atom is 0.252 e. The highest BCUT2D eigenvalue weighted by Gasteiger charge is 2.15. The van der Waals surface area contributed by atoms with Crippen LogP contribution in [0, 0.1) is 5.82 Å². The van der Waals surface area contributed by atoms with Gasteiger partial charge in [0.25, 0.3) is 5.91 Å². The molecule has 0 bridgehead atoms. The van der Waals surface area contributed by atoms with Gasteiger partial charge in [-0.05, 0) is 59.2 Å². The van der Waals surface area contributed by atoms with Crippen LogP contribution in [0.5, 0.6) is 5.75 Å². The molecule has 0 atom stereocenters. The minimum Gasteiger partial charge on any atom is -0.494 e. The molecule has 0 fully saturated rings. The summed E-state index contributed by atoms with van der Waals surface area (Å²) in [6, 6.07) is 12.0. The lowest BCUT2D eigenvalue weighted by molar-refractivity contribution is 0.0948. The van der Waals surface area contributed by atoms with Crippen LogP contribution in [-0.2, 0) is 13.2 Å². The summed E-state index contributed by atoms with van der Waals surface area (Å²) in [5.41, 5.74) is 3.50. The molecule has 2 aromatic carbocycles. The number of rotatable bonds is 9. The number of carbonyl (C=O) groups excluding carboxylic acids is 1. The zero-order valence-electron chi connectivity index (χ0n) is 17.5. The van der Waals surface area contributed by atoms with Crippen molar-refractivity contribution in [2.24, 2.45) is 0 Å². The number of nitrogens with zero attached hydrogens (tertiary/aromatic N) is 1. The summed E-state index contributed by atoms with van der Waals surface area (Å²) >= 11 is 1.62. The van der Waals surface area contributed by atoms with Crippen LogP contribution >= 0.6 is 11.8 Å². The lowest BCUT2D eigenvalue weighted by atomic mass is 10.00. The number of aliphatic hydroxyl groups excluding tert-OH is 1. The number of aromatic nitrogens is 1. The first-order valence-electron chi connectivity index (χ1n) is 9.99. The van der Waals surface area contributed by atoms with Crippen LogP contribution in [0.3, 0.4) is 0 Å². The Morgan fingerprint density at radius 1 is 1.23 bits per heavy atom. The van der Waals surface area contributed by atoms with Crippen molar-refractivity contribution < 1.29 is 19.0 Å². The van der Waals surface area contributed by atoms with E-state index in [1.54, 1.807) is 42.4 Å². The molecule has 2 N–H and O–H groups in total. The van der Waals surface area contributed by atoms with E-state index in [9.17, 15) is 14.3 Å². The summed E-state index contributed by atoms with van der Waals surface area (Å²) in [6.45, 7) is 2.16. The summed E-state index contributed by atoms with van der Waals surface area (Å²) in [5, 5.41) is 12.5. The molecule has 0 saturated heterocycles. The Bertz CT molecular complexity index is 1060. The van der Waals surface area contributed by atoms with Crippen molar-refractivity contribution in [2.45, 2.75) is 31.4 Å². The molecule has 7 heteroatoms. The number of nitrogens with one attached hydrogen (secondary N) is 1. The van der Waals surface area contributed by atoms with Gasteiger partial charge in [-0.25, -0.2) is 4.39 Å². The normalized spacial score (nSPS) is 10.7. The van der Waals surface area contributed by atoms with E-state index in [2.05, 4.69) is 17.2 Å². The van der Waals surface area contributed by atoms with Crippen LogP contribution in [0.1, 0.15) is 34.8 Å². The van der Waals surface area contributed by atoms with Crippen LogP contribution in [0.15, 0.2) is 59.8 Å². The Kier molecular flexibility index (Phi) is 8.03. The van der Waals surface area contributed by atoms with E-state index in [0.29, 0.717) is 11.1 Å². The average Bonchev–Trinajstić information content (AvgIpc) is 2.81. The number of aliphatic hydroxyl groups is 1. The van der Waals surface area contributed by atoms with E-state index in [1.165, 1.54) is 13.2 Å². The predicted molar refractivity (Wildman–Crippen MR) is 121 cm³/mol. The fourth-order valence-corrected chi connectivity index (χ4v) is 4.03. The molecule has 31 heavy (non-hydrogen) atoms.